The molecule has 0 radical (unpaired) electrons. The summed E-state index contributed by atoms with van der Waals surface area (Å²) in [5, 5.41) is 14.8. The van der Waals surface area contributed by atoms with E-state index in [-0.39, 0.29) is 17.1 Å². The van der Waals surface area contributed by atoms with E-state index in [0.29, 0.717) is 30.5 Å². The Bertz CT molecular complexity index is 1180. The minimum atomic E-state index is -0.136. The van der Waals surface area contributed by atoms with Gasteiger partial charge in [0.25, 0.3) is 5.91 Å². The molecule has 2 aromatic carbocycles. The van der Waals surface area contributed by atoms with Gasteiger partial charge in [0.15, 0.2) is 0 Å². The maximum Gasteiger partial charge on any atom is 0.319 e. The molecular formula is C26H31N5O3S. The number of thioether (sulfide) groups is 1. The van der Waals surface area contributed by atoms with E-state index < -0.39 is 0 Å². The molecular weight excluding hydrogens is 462 g/mol. The van der Waals surface area contributed by atoms with Gasteiger partial charge in [0.1, 0.15) is 5.25 Å². The van der Waals surface area contributed by atoms with Gasteiger partial charge in [0.05, 0.1) is 18.3 Å². The van der Waals surface area contributed by atoms with Gasteiger partial charge >= 0.3 is 5.97 Å². The predicted molar refractivity (Wildman–Crippen MR) is 139 cm³/mol. The van der Waals surface area contributed by atoms with Gasteiger partial charge in [-0.3, -0.25) is 19.6 Å². The second-order valence-electron chi connectivity index (χ2n) is 9.16. The number of carbonyl (C=O) groups is 2. The van der Waals surface area contributed by atoms with E-state index in [0.717, 1.165) is 61.1 Å². The molecule has 0 saturated carbocycles. The first kappa shape index (κ1) is 23.7. The van der Waals surface area contributed by atoms with Crippen molar-refractivity contribution < 1.29 is 14.3 Å². The number of nitrogens with zero attached hydrogens (tertiary/aromatic N) is 2. The third kappa shape index (κ3) is 6.15. The Morgan fingerprint density at radius 1 is 1.23 bits per heavy atom. The summed E-state index contributed by atoms with van der Waals surface area (Å²) in [4.78, 5) is 26.6. The lowest BCUT2D eigenvalue weighted by Crippen LogP contribution is -2.41. The van der Waals surface area contributed by atoms with E-state index in [1.54, 1.807) is 11.8 Å². The SMILES string of the molecule is O=C(NCCSC1CCOC1=O)c1cccc(CN2CCCC(Nc3ccc4[nH]ncc4c3)C2)c1. The van der Waals surface area contributed by atoms with Crippen LogP contribution in [-0.2, 0) is 16.1 Å². The highest BCUT2D eigenvalue weighted by Crippen LogP contribution is 2.22. The predicted octanol–water partition coefficient (Wildman–Crippen LogP) is 3.42. The van der Waals surface area contributed by atoms with Crippen molar-refractivity contribution in [2.75, 3.05) is 37.3 Å². The quantitative estimate of drug-likeness (QED) is 0.310. The number of ether oxygens (including phenoxy) is 1. The highest BCUT2D eigenvalue weighted by atomic mass is 32.2. The van der Waals surface area contributed by atoms with Gasteiger partial charge in [-0.15, -0.1) is 11.8 Å². The third-order valence-electron chi connectivity index (χ3n) is 6.51. The second-order valence-corrected chi connectivity index (χ2v) is 10.5. The van der Waals surface area contributed by atoms with Crippen molar-refractivity contribution in [1.82, 2.24) is 20.4 Å². The van der Waals surface area contributed by atoms with Crippen LogP contribution in [-0.4, -0.2) is 70.3 Å². The van der Waals surface area contributed by atoms with Crippen molar-refractivity contribution in [1.29, 1.82) is 0 Å². The van der Waals surface area contributed by atoms with Gasteiger partial charge in [-0.05, 0) is 55.3 Å². The number of rotatable bonds is 9. The standard InChI is InChI=1S/C26H31N5O3S/c32-25(27-9-12-35-24-8-11-34-26(24)33)19-4-1-3-18(13-19)16-31-10-2-5-22(17-31)29-21-6-7-23-20(14-21)15-28-30-23/h1,3-4,6-7,13-15,22,24,29H,2,5,8-12,16-17H2,(H,27,32)(H,28,30). The van der Waals surface area contributed by atoms with Crippen LogP contribution < -0.4 is 10.6 Å². The average molecular weight is 494 g/mol. The summed E-state index contributed by atoms with van der Waals surface area (Å²) in [6.07, 6.45) is 4.88. The van der Waals surface area contributed by atoms with Crippen LogP contribution in [0.1, 0.15) is 35.2 Å². The fourth-order valence-electron chi connectivity index (χ4n) is 4.75. The Balaban J connectivity index is 1.10. The van der Waals surface area contributed by atoms with E-state index in [1.165, 1.54) is 0 Å². The molecule has 3 heterocycles. The molecule has 9 heteroatoms. The molecule has 2 unspecified atom stereocenters. The fourth-order valence-corrected chi connectivity index (χ4v) is 5.72. The van der Waals surface area contributed by atoms with Crippen LogP contribution in [0.4, 0.5) is 5.69 Å². The van der Waals surface area contributed by atoms with Crippen molar-refractivity contribution in [2.24, 2.45) is 0 Å². The van der Waals surface area contributed by atoms with Gasteiger partial charge < -0.3 is 15.4 Å². The molecule has 0 aliphatic carbocycles. The Morgan fingerprint density at radius 3 is 3.06 bits per heavy atom. The number of aromatic nitrogens is 2. The zero-order chi connectivity index (χ0) is 24.0. The lowest BCUT2D eigenvalue weighted by molar-refractivity contribution is -0.137. The summed E-state index contributed by atoms with van der Waals surface area (Å²) < 4.78 is 4.98. The molecule has 2 fully saturated rings. The smallest absolute Gasteiger partial charge is 0.319 e. The fraction of sp³-hybridized carbons (Fsp3) is 0.423. The van der Waals surface area contributed by atoms with Crippen LogP contribution in [0, 0.1) is 0 Å². The summed E-state index contributed by atoms with van der Waals surface area (Å²) in [5.74, 6) is 0.485. The number of hydrogen-bond acceptors (Lipinski definition) is 7. The first-order valence-corrected chi connectivity index (χ1v) is 13.3. The van der Waals surface area contributed by atoms with Crippen molar-refractivity contribution in [3.8, 4) is 0 Å². The first-order chi connectivity index (χ1) is 17.1. The van der Waals surface area contributed by atoms with Crippen molar-refractivity contribution in [2.45, 2.75) is 37.1 Å². The van der Waals surface area contributed by atoms with Crippen LogP contribution in [0.5, 0.6) is 0 Å². The van der Waals surface area contributed by atoms with Crippen LogP contribution in [0.2, 0.25) is 0 Å². The Labute approximate surface area is 209 Å². The number of likely N-dealkylation sites (tertiary alicyclic amines) is 1. The van der Waals surface area contributed by atoms with E-state index >= 15 is 0 Å². The van der Waals surface area contributed by atoms with Gasteiger partial charge in [0.2, 0.25) is 0 Å². The topological polar surface area (TPSA) is 99.4 Å². The average Bonchev–Trinajstić information content (AvgIpc) is 3.50. The molecule has 2 aliphatic heterocycles. The van der Waals surface area contributed by atoms with E-state index in [4.69, 9.17) is 4.74 Å². The zero-order valence-electron chi connectivity index (χ0n) is 19.7. The Hall–Kier alpha value is -3.04. The number of fused-ring (bicyclic) bond motifs is 1. The van der Waals surface area contributed by atoms with Crippen LogP contribution in [0.25, 0.3) is 10.9 Å². The van der Waals surface area contributed by atoms with Crippen molar-refractivity contribution >= 4 is 40.2 Å². The van der Waals surface area contributed by atoms with Crippen LogP contribution in [0.15, 0.2) is 48.7 Å². The lowest BCUT2D eigenvalue weighted by Gasteiger charge is -2.33. The lowest BCUT2D eigenvalue weighted by atomic mass is 10.0. The number of cyclic esters (lactones) is 1. The normalized spacial score (nSPS) is 20.6. The summed E-state index contributed by atoms with van der Waals surface area (Å²) in [6, 6.07) is 14.6. The number of aromatic amines is 1. The molecule has 2 saturated heterocycles. The number of esters is 1. The third-order valence-corrected chi connectivity index (χ3v) is 7.78. The number of piperidine rings is 1. The van der Waals surface area contributed by atoms with E-state index in [1.807, 2.05) is 24.4 Å². The van der Waals surface area contributed by atoms with Gasteiger partial charge in [-0.25, -0.2) is 0 Å². The van der Waals surface area contributed by atoms with E-state index in [2.05, 4.69) is 50.0 Å². The molecule has 184 valence electrons. The molecule has 8 nitrogen and oxygen atoms in total. The van der Waals surface area contributed by atoms with Crippen molar-refractivity contribution in [3.63, 3.8) is 0 Å². The maximum absolute atomic E-state index is 12.6. The molecule has 3 N–H and O–H groups in total. The molecule has 1 amide bonds. The Morgan fingerprint density at radius 2 is 2.17 bits per heavy atom. The highest BCUT2D eigenvalue weighted by Gasteiger charge is 2.26. The summed E-state index contributed by atoms with van der Waals surface area (Å²) in [7, 11) is 0. The number of nitrogens with one attached hydrogen (secondary N) is 3. The number of amides is 1. The minimum Gasteiger partial charge on any atom is -0.465 e. The van der Waals surface area contributed by atoms with Gasteiger partial charge in [0, 0.05) is 54.5 Å². The monoisotopic (exact) mass is 493 g/mol. The second kappa shape index (κ2) is 11.1. The van der Waals surface area contributed by atoms with Gasteiger partial charge in [-0.2, -0.15) is 5.10 Å². The highest BCUT2D eigenvalue weighted by molar-refractivity contribution is 8.00. The maximum atomic E-state index is 12.6. The van der Waals surface area contributed by atoms with Crippen LogP contribution >= 0.6 is 11.8 Å². The largest absolute Gasteiger partial charge is 0.465 e. The summed E-state index contributed by atoms with van der Waals surface area (Å²) >= 11 is 1.55. The summed E-state index contributed by atoms with van der Waals surface area (Å²) in [5.41, 5.74) is 3.98. The molecule has 5 rings (SSSR count). The number of hydrogen-bond donors (Lipinski definition) is 3. The molecule has 3 aromatic rings. The van der Waals surface area contributed by atoms with Crippen molar-refractivity contribution in [3.05, 3.63) is 59.8 Å². The van der Waals surface area contributed by atoms with Gasteiger partial charge in [-0.1, -0.05) is 12.1 Å². The molecule has 2 atom stereocenters. The number of H-pyrrole nitrogens is 1. The first-order valence-electron chi connectivity index (χ1n) is 12.2. The summed E-state index contributed by atoms with van der Waals surface area (Å²) in [6.45, 7) is 3.86. The molecule has 35 heavy (non-hydrogen) atoms. The molecule has 0 spiro atoms. The minimum absolute atomic E-state index is 0.0747. The molecule has 0 bridgehead atoms. The zero-order valence-corrected chi connectivity index (χ0v) is 20.5. The molecule has 2 aliphatic rings. The Kier molecular flexibility index (Phi) is 7.54. The van der Waals surface area contributed by atoms with Crippen LogP contribution in [0.3, 0.4) is 0 Å². The molecule has 1 aromatic heterocycles. The number of benzene rings is 2. The van der Waals surface area contributed by atoms with E-state index in [9.17, 15) is 9.59 Å². The number of anilines is 1. The number of carbonyl (C=O) groups excluding carboxylic acids is 2.